The van der Waals surface area contributed by atoms with Crippen LogP contribution in [0.4, 0.5) is 0 Å². The third-order valence-electron chi connectivity index (χ3n) is 6.73. The molecule has 9 nitrogen and oxygen atoms in total. The molecule has 0 bridgehead atoms. The highest BCUT2D eigenvalue weighted by atomic mass is 16.5. The van der Waals surface area contributed by atoms with E-state index < -0.39 is 29.5 Å². The van der Waals surface area contributed by atoms with Crippen molar-refractivity contribution in [1.29, 1.82) is 0 Å². The van der Waals surface area contributed by atoms with Gasteiger partial charge in [-0.1, -0.05) is 45.2 Å². The zero-order valence-electron chi connectivity index (χ0n) is 23.1. The van der Waals surface area contributed by atoms with Crippen molar-refractivity contribution in [2.45, 2.75) is 90.4 Å². The van der Waals surface area contributed by atoms with Crippen LogP contribution < -0.4 is 10.6 Å². The maximum atomic E-state index is 13.6. The molecule has 0 aromatic heterocycles. The monoisotopic (exact) mass is 527 g/mol. The number of unbranched alkanes of at least 4 members (excludes halogenated alkanes) is 2. The van der Waals surface area contributed by atoms with Gasteiger partial charge in [-0.05, 0) is 42.9 Å². The number of carbonyl (C=O) groups excluding carboxylic acids is 4. The summed E-state index contributed by atoms with van der Waals surface area (Å²) in [6, 6.07) is 5.21. The lowest BCUT2D eigenvalue weighted by Crippen LogP contribution is -2.57. The topological polar surface area (TPSA) is 125 Å². The van der Waals surface area contributed by atoms with Gasteiger partial charge in [0.05, 0.1) is 19.3 Å². The molecule has 0 aliphatic carbocycles. The molecule has 1 aromatic rings. The van der Waals surface area contributed by atoms with E-state index in [0.717, 1.165) is 11.1 Å². The lowest BCUT2D eigenvalue weighted by molar-refractivity contribution is -0.144. The van der Waals surface area contributed by atoms with Crippen LogP contribution in [0.3, 0.4) is 0 Å². The maximum absolute atomic E-state index is 13.6. The number of ether oxygens (including phenoxy) is 1. The predicted molar refractivity (Wildman–Crippen MR) is 144 cm³/mol. The molecule has 1 fully saturated rings. The van der Waals surface area contributed by atoms with Crippen molar-refractivity contribution in [3.05, 3.63) is 35.4 Å². The number of esters is 1. The molecule has 1 aromatic carbocycles. The molecule has 0 unspecified atom stereocenters. The van der Waals surface area contributed by atoms with Gasteiger partial charge < -0.3 is 25.4 Å². The second-order valence-corrected chi connectivity index (χ2v) is 10.9. The fourth-order valence-corrected chi connectivity index (χ4v) is 4.45. The van der Waals surface area contributed by atoms with Gasteiger partial charge in [-0.25, -0.2) is 0 Å². The van der Waals surface area contributed by atoms with E-state index in [-0.39, 0.29) is 43.2 Å². The van der Waals surface area contributed by atoms with E-state index in [1.165, 1.54) is 12.0 Å². The number of nitrogens with zero attached hydrogens (tertiary/aromatic N) is 1. The Hall–Kier alpha value is -3.38. The van der Waals surface area contributed by atoms with E-state index in [0.29, 0.717) is 25.7 Å². The first-order chi connectivity index (χ1) is 17.9. The number of hydrogen-bond donors (Lipinski definition) is 3. The Morgan fingerprint density at radius 3 is 2.32 bits per heavy atom. The predicted octanol–water partition coefficient (Wildman–Crippen LogP) is 2.46. The average Bonchev–Trinajstić information content (AvgIpc) is 3.27. The second kappa shape index (κ2) is 14.0. The van der Waals surface area contributed by atoms with Crippen molar-refractivity contribution in [2.24, 2.45) is 5.41 Å². The van der Waals surface area contributed by atoms with Gasteiger partial charge in [-0.3, -0.25) is 19.2 Å². The minimum absolute atomic E-state index is 0.0120. The van der Waals surface area contributed by atoms with Crippen molar-refractivity contribution < 1.29 is 29.0 Å². The summed E-state index contributed by atoms with van der Waals surface area (Å²) in [6.07, 6.45) is 7.07. The average molecular weight is 528 g/mol. The number of carbonyl (C=O) groups is 4. The number of aliphatic hydroxyl groups excluding tert-OH is 1. The van der Waals surface area contributed by atoms with E-state index in [4.69, 9.17) is 6.42 Å². The molecule has 0 saturated carbocycles. The molecule has 3 amide bonds. The molecule has 0 spiro atoms. The van der Waals surface area contributed by atoms with Gasteiger partial charge >= 0.3 is 5.97 Å². The van der Waals surface area contributed by atoms with E-state index >= 15 is 0 Å². The van der Waals surface area contributed by atoms with Crippen LogP contribution in [0.2, 0.25) is 0 Å². The fourth-order valence-electron chi connectivity index (χ4n) is 4.45. The highest BCUT2D eigenvalue weighted by Gasteiger charge is 2.44. The lowest BCUT2D eigenvalue weighted by Gasteiger charge is -2.35. The summed E-state index contributed by atoms with van der Waals surface area (Å²) in [5.74, 6) is 1.22. The molecular weight excluding hydrogens is 486 g/mol. The van der Waals surface area contributed by atoms with Gasteiger partial charge in [0.15, 0.2) is 0 Å². The van der Waals surface area contributed by atoms with Crippen LogP contribution in [-0.4, -0.2) is 65.5 Å². The lowest BCUT2D eigenvalue weighted by atomic mass is 9.85. The van der Waals surface area contributed by atoms with Crippen LogP contribution in [0.15, 0.2) is 24.3 Å². The molecule has 38 heavy (non-hydrogen) atoms. The number of methoxy groups -OCH3 is 1. The van der Waals surface area contributed by atoms with Gasteiger partial charge in [0.1, 0.15) is 12.1 Å². The summed E-state index contributed by atoms with van der Waals surface area (Å²) < 4.78 is 4.62. The summed E-state index contributed by atoms with van der Waals surface area (Å²) in [5, 5.41) is 16.1. The molecule has 1 saturated heterocycles. The van der Waals surface area contributed by atoms with Gasteiger partial charge in [-0.15, -0.1) is 6.42 Å². The molecule has 1 aliphatic rings. The molecule has 208 valence electrons. The Balaban J connectivity index is 2.04. The number of amides is 3. The normalized spacial score (nSPS) is 18.7. The van der Waals surface area contributed by atoms with Gasteiger partial charge in [-0.2, -0.15) is 0 Å². The zero-order valence-corrected chi connectivity index (χ0v) is 23.1. The third-order valence-corrected chi connectivity index (χ3v) is 6.73. The first kappa shape index (κ1) is 30.8. The van der Waals surface area contributed by atoms with Crippen LogP contribution in [0.5, 0.6) is 0 Å². The minimum Gasteiger partial charge on any atom is -0.469 e. The number of nitrogens with one attached hydrogen (secondary N) is 2. The Morgan fingerprint density at radius 1 is 1.11 bits per heavy atom. The molecule has 4 atom stereocenters. The second-order valence-electron chi connectivity index (χ2n) is 10.9. The molecule has 1 aliphatic heterocycles. The van der Waals surface area contributed by atoms with Crippen LogP contribution in [0.1, 0.15) is 83.4 Å². The number of β-amino-alcohol motifs (C(OH)–C–C–N with tert-alkyl or cyclic N) is 1. The van der Waals surface area contributed by atoms with E-state index in [1.807, 2.05) is 39.8 Å². The first-order valence-corrected chi connectivity index (χ1v) is 13.1. The van der Waals surface area contributed by atoms with E-state index in [2.05, 4.69) is 21.3 Å². The smallest absolute Gasteiger partial charge is 0.305 e. The van der Waals surface area contributed by atoms with Crippen LogP contribution in [0, 0.1) is 17.8 Å². The summed E-state index contributed by atoms with van der Waals surface area (Å²) in [7, 11) is 1.34. The van der Waals surface area contributed by atoms with Crippen molar-refractivity contribution in [3.63, 3.8) is 0 Å². The van der Waals surface area contributed by atoms with Crippen LogP contribution in [0.25, 0.3) is 0 Å². The van der Waals surface area contributed by atoms with E-state index in [9.17, 15) is 24.3 Å². The van der Waals surface area contributed by atoms with Gasteiger partial charge in [0.2, 0.25) is 17.7 Å². The molecule has 0 radical (unpaired) electrons. The van der Waals surface area contributed by atoms with Crippen molar-refractivity contribution >= 4 is 23.7 Å². The highest BCUT2D eigenvalue weighted by Crippen LogP contribution is 2.27. The Labute approximate surface area is 225 Å². The van der Waals surface area contributed by atoms with Gasteiger partial charge in [0, 0.05) is 31.4 Å². The minimum atomic E-state index is -0.876. The van der Waals surface area contributed by atoms with Gasteiger partial charge in [0.25, 0.3) is 0 Å². The number of hydrogen-bond acceptors (Lipinski definition) is 6. The van der Waals surface area contributed by atoms with E-state index in [1.54, 1.807) is 12.1 Å². The highest BCUT2D eigenvalue weighted by molar-refractivity contribution is 5.93. The zero-order chi connectivity index (χ0) is 28.5. The largest absolute Gasteiger partial charge is 0.469 e. The number of benzene rings is 1. The summed E-state index contributed by atoms with van der Waals surface area (Å²) in [4.78, 5) is 52.1. The Kier molecular flexibility index (Phi) is 11.3. The number of aliphatic hydroxyl groups is 1. The molecular formula is C29H41N3O6. The summed E-state index contributed by atoms with van der Waals surface area (Å²) >= 11 is 0. The molecule has 3 N–H and O–H groups in total. The number of rotatable bonds is 11. The standard InChI is InChI=1S/C29H41N3O6/c1-7-20-13-15-21(16-14-20)19(2)30-27(36)23-17-22(33)18-32(23)28(37)26(29(3,4)5)31-24(34)11-9-8-10-12-25(35)38-6/h1,13-16,19,22-23,26,33H,8-12,17-18H2,2-6H3,(H,30,36)(H,31,34)/t19-,22+,23-,26+/m0/s1. The van der Waals surface area contributed by atoms with Crippen molar-refractivity contribution in [2.75, 3.05) is 13.7 Å². The number of terminal acetylenes is 1. The Bertz CT molecular complexity index is 1020. The third kappa shape index (κ3) is 8.88. The maximum Gasteiger partial charge on any atom is 0.305 e. The van der Waals surface area contributed by atoms with Crippen molar-refractivity contribution in [3.8, 4) is 12.3 Å². The SMILES string of the molecule is C#Cc1ccc([C@H](C)NC(=O)[C@@H]2C[C@@H](O)CN2C(=O)[C@@H](NC(=O)CCCCCC(=O)OC)C(C)(C)C)cc1. The molecule has 1 heterocycles. The van der Waals surface area contributed by atoms with Crippen LogP contribution in [-0.2, 0) is 23.9 Å². The number of likely N-dealkylation sites (tertiary alicyclic amines) is 1. The summed E-state index contributed by atoms with van der Waals surface area (Å²) in [5.41, 5.74) is 0.970. The summed E-state index contributed by atoms with van der Waals surface area (Å²) in [6.45, 7) is 7.38. The molecule has 9 heteroatoms. The fraction of sp³-hybridized carbons (Fsp3) is 0.586. The van der Waals surface area contributed by atoms with Crippen molar-refractivity contribution in [1.82, 2.24) is 15.5 Å². The van der Waals surface area contributed by atoms with Crippen LogP contribution >= 0.6 is 0 Å². The first-order valence-electron chi connectivity index (χ1n) is 13.1. The Morgan fingerprint density at radius 2 is 1.74 bits per heavy atom. The molecule has 2 rings (SSSR count). The quantitative estimate of drug-likeness (QED) is 0.231.